The van der Waals surface area contributed by atoms with Crippen LogP contribution in [-0.4, -0.2) is 27.9 Å². The van der Waals surface area contributed by atoms with Crippen LogP contribution in [0.4, 0.5) is 0 Å². The van der Waals surface area contributed by atoms with Crippen LogP contribution in [0, 0.1) is 0 Å². The van der Waals surface area contributed by atoms with Gasteiger partial charge in [0.05, 0.1) is 18.5 Å². The Morgan fingerprint density at radius 2 is 2.05 bits per heavy atom. The van der Waals surface area contributed by atoms with E-state index in [2.05, 4.69) is 5.10 Å². The first-order valence-electron chi connectivity index (χ1n) is 5.54. The van der Waals surface area contributed by atoms with Gasteiger partial charge >= 0.3 is 0 Å². The Bertz CT molecular complexity index is 675. The highest BCUT2D eigenvalue weighted by Gasteiger charge is 2.15. The Morgan fingerprint density at radius 1 is 1.32 bits per heavy atom. The van der Waals surface area contributed by atoms with E-state index in [0.29, 0.717) is 22.8 Å². The van der Waals surface area contributed by atoms with Gasteiger partial charge in [-0.3, -0.25) is 14.3 Å². The SMILES string of the molecule is NC(=O)Cc1ccc2c(c1)c(C(N)=O)nn2CC=O. The fraction of sp³-hybridized carbons (Fsp3) is 0.167. The van der Waals surface area contributed by atoms with E-state index in [1.54, 1.807) is 18.2 Å². The van der Waals surface area contributed by atoms with E-state index in [9.17, 15) is 14.4 Å². The molecule has 0 aliphatic carbocycles. The molecule has 2 aromatic rings. The third kappa shape index (κ3) is 2.44. The zero-order valence-corrected chi connectivity index (χ0v) is 10.00. The number of benzene rings is 1. The maximum absolute atomic E-state index is 11.3. The quantitative estimate of drug-likeness (QED) is 0.694. The first kappa shape index (κ1) is 12.7. The van der Waals surface area contributed by atoms with Gasteiger partial charge in [-0.25, -0.2) is 0 Å². The van der Waals surface area contributed by atoms with Crippen LogP contribution in [-0.2, 0) is 22.6 Å². The standard InChI is InChI=1S/C12H12N4O3/c13-10(18)6-7-1-2-9-8(5-7)11(12(14)19)15-16(9)3-4-17/h1-2,4-5H,3,6H2,(H2,13,18)(H2,14,19). The highest BCUT2D eigenvalue weighted by Crippen LogP contribution is 2.20. The van der Waals surface area contributed by atoms with Crippen LogP contribution < -0.4 is 11.5 Å². The molecule has 1 aromatic heterocycles. The lowest BCUT2D eigenvalue weighted by Gasteiger charge is -2.00. The second-order valence-electron chi connectivity index (χ2n) is 4.06. The van der Waals surface area contributed by atoms with Gasteiger partial charge in [-0.15, -0.1) is 0 Å². The van der Waals surface area contributed by atoms with Crippen molar-refractivity contribution in [2.75, 3.05) is 0 Å². The van der Waals surface area contributed by atoms with Gasteiger partial charge < -0.3 is 16.3 Å². The molecule has 4 N–H and O–H groups in total. The molecule has 7 heteroatoms. The molecule has 2 rings (SSSR count). The van der Waals surface area contributed by atoms with Crippen LogP contribution in [0.5, 0.6) is 0 Å². The van der Waals surface area contributed by atoms with Gasteiger partial charge in [0, 0.05) is 5.39 Å². The molecule has 0 unspecified atom stereocenters. The van der Waals surface area contributed by atoms with E-state index in [1.807, 2.05) is 0 Å². The third-order valence-corrected chi connectivity index (χ3v) is 2.67. The highest BCUT2D eigenvalue weighted by atomic mass is 16.1. The number of carbonyl (C=O) groups is 3. The zero-order valence-electron chi connectivity index (χ0n) is 10.00. The summed E-state index contributed by atoms with van der Waals surface area (Å²) < 4.78 is 1.39. The molecule has 98 valence electrons. The van der Waals surface area contributed by atoms with E-state index in [4.69, 9.17) is 11.5 Å². The third-order valence-electron chi connectivity index (χ3n) is 2.67. The first-order chi connectivity index (χ1) is 9.02. The number of carbonyl (C=O) groups excluding carboxylic acids is 3. The molecular formula is C12H12N4O3. The topological polar surface area (TPSA) is 121 Å². The number of nitrogens with two attached hydrogens (primary N) is 2. The summed E-state index contributed by atoms with van der Waals surface area (Å²) in [5, 5.41) is 4.50. The molecule has 0 atom stereocenters. The van der Waals surface area contributed by atoms with Gasteiger partial charge in [0.2, 0.25) is 5.91 Å². The summed E-state index contributed by atoms with van der Waals surface area (Å²) >= 11 is 0. The molecular weight excluding hydrogens is 248 g/mol. The van der Waals surface area contributed by atoms with Crippen LogP contribution in [0.1, 0.15) is 16.1 Å². The molecule has 7 nitrogen and oxygen atoms in total. The monoisotopic (exact) mass is 260 g/mol. The Hall–Kier alpha value is -2.70. The molecule has 0 saturated heterocycles. The lowest BCUT2D eigenvalue weighted by atomic mass is 10.1. The van der Waals surface area contributed by atoms with Crippen molar-refractivity contribution in [3.05, 3.63) is 29.5 Å². The first-order valence-corrected chi connectivity index (χ1v) is 5.54. The van der Waals surface area contributed by atoms with Crippen molar-refractivity contribution >= 4 is 29.0 Å². The lowest BCUT2D eigenvalue weighted by Crippen LogP contribution is -2.14. The van der Waals surface area contributed by atoms with Crippen molar-refractivity contribution in [2.45, 2.75) is 13.0 Å². The number of nitrogens with zero attached hydrogens (tertiary/aromatic N) is 2. The smallest absolute Gasteiger partial charge is 0.269 e. The summed E-state index contributed by atoms with van der Waals surface area (Å²) in [6.45, 7) is 0.0267. The number of aldehydes is 1. The largest absolute Gasteiger partial charge is 0.369 e. The maximum atomic E-state index is 11.3. The van der Waals surface area contributed by atoms with Crippen molar-refractivity contribution in [3.8, 4) is 0 Å². The predicted octanol–water partition coefficient (Wildman–Crippen LogP) is -0.638. The molecule has 1 aromatic carbocycles. The minimum atomic E-state index is -0.689. The highest BCUT2D eigenvalue weighted by molar-refractivity contribution is 6.04. The van der Waals surface area contributed by atoms with Gasteiger partial charge in [-0.1, -0.05) is 6.07 Å². The normalized spacial score (nSPS) is 10.5. The van der Waals surface area contributed by atoms with Crippen LogP contribution in [0.15, 0.2) is 18.2 Å². The molecule has 0 bridgehead atoms. The van der Waals surface area contributed by atoms with E-state index >= 15 is 0 Å². The summed E-state index contributed by atoms with van der Waals surface area (Å²) in [7, 11) is 0. The predicted molar refractivity (Wildman–Crippen MR) is 67.2 cm³/mol. The molecule has 1 heterocycles. The number of primary amides is 2. The summed E-state index contributed by atoms with van der Waals surface area (Å²) in [6, 6.07) is 5.01. The minimum absolute atomic E-state index is 0.0267. The van der Waals surface area contributed by atoms with Crippen molar-refractivity contribution in [1.29, 1.82) is 0 Å². The average molecular weight is 260 g/mol. The Kier molecular flexibility index (Phi) is 3.28. The van der Waals surface area contributed by atoms with Crippen molar-refractivity contribution in [2.24, 2.45) is 11.5 Å². The fourth-order valence-electron chi connectivity index (χ4n) is 1.93. The lowest BCUT2D eigenvalue weighted by molar-refractivity contribution is -0.117. The van der Waals surface area contributed by atoms with Gasteiger partial charge in [-0.05, 0) is 17.7 Å². The van der Waals surface area contributed by atoms with Crippen LogP contribution in [0.2, 0.25) is 0 Å². The second kappa shape index (κ2) is 4.89. The second-order valence-corrected chi connectivity index (χ2v) is 4.06. The van der Waals surface area contributed by atoms with Crippen LogP contribution in [0.25, 0.3) is 10.9 Å². The van der Waals surface area contributed by atoms with Gasteiger partial charge in [0.25, 0.3) is 5.91 Å². The Morgan fingerprint density at radius 3 is 2.63 bits per heavy atom. The molecule has 2 amide bonds. The molecule has 0 fully saturated rings. The molecule has 19 heavy (non-hydrogen) atoms. The molecule has 0 radical (unpaired) electrons. The number of amides is 2. The van der Waals surface area contributed by atoms with Gasteiger partial charge in [0.1, 0.15) is 6.29 Å². The average Bonchev–Trinajstić information content (AvgIpc) is 2.67. The maximum Gasteiger partial charge on any atom is 0.269 e. The van der Waals surface area contributed by atoms with Gasteiger partial charge in [0.15, 0.2) is 5.69 Å². The summed E-state index contributed by atoms with van der Waals surface area (Å²) in [5.74, 6) is -1.16. The van der Waals surface area contributed by atoms with Crippen molar-refractivity contribution in [3.63, 3.8) is 0 Å². The number of hydrogen-bond acceptors (Lipinski definition) is 4. The van der Waals surface area contributed by atoms with Crippen molar-refractivity contribution < 1.29 is 14.4 Å². The number of aromatic nitrogens is 2. The Labute approximate surface area is 108 Å². The molecule has 0 spiro atoms. The summed E-state index contributed by atoms with van der Waals surface area (Å²) in [4.78, 5) is 32.8. The zero-order chi connectivity index (χ0) is 14.0. The number of hydrogen-bond donors (Lipinski definition) is 2. The van der Waals surface area contributed by atoms with E-state index in [0.717, 1.165) is 0 Å². The van der Waals surface area contributed by atoms with Crippen molar-refractivity contribution in [1.82, 2.24) is 9.78 Å². The molecule has 0 aliphatic rings. The minimum Gasteiger partial charge on any atom is -0.369 e. The van der Waals surface area contributed by atoms with Crippen LogP contribution in [0.3, 0.4) is 0 Å². The van der Waals surface area contributed by atoms with E-state index in [1.165, 1.54) is 4.68 Å². The molecule has 0 aliphatic heterocycles. The van der Waals surface area contributed by atoms with Gasteiger partial charge in [-0.2, -0.15) is 5.10 Å². The van der Waals surface area contributed by atoms with E-state index < -0.39 is 11.8 Å². The number of fused-ring (bicyclic) bond motifs is 1. The molecule has 0 saturated carbocycles. The van der Waals surface area contributed by atoms with E-state index in [-0.39, 0.29) is 18.7 Å². The Balaban J connectivity index is 2.61. The van der Waals surface area contributed by atoms with Crippen LogP contribution >= 0.6 is 0 Å². The summed E-state index contributed by atoms with van der Waals surface area (Å²) in [5.41, 5.74) is 11.7. The summed E-state index contributed by atoms with van der Waals surface area (Å²) in [6.07, 6.45) is 0.738. The fourth-order valence-corrected chi connectivity index (χ4v) is 1.93. The number of rotatable bonds is 5.